The third-order valence-electron chi connectivity index (χ3n) is 2.40. The van der Waals surface area contributed by atoms with E-state index < -0.39 is 0 Å². The molecule has 4 nitrogen and oxygen atoms in total. The Balaban J connectivity index is 1.79. The summed E-state index contributed by atoms with van der Waals surface area (Å²) in [4.78, 5) is 9.02. The van der Waals surface area contributed by atoms with Gasteiger partial charge in [-0.05, 0) is 11.4 Å². The first-order valence-corrected chi connectivity index (χ1v) is 6.51. The fraction of sp³-hybridized carbons (Fsp3) is 0.417. The molecule has 0 saturated heterocycles. The molecular formula is C12H17N3OS. The summed E-state index contributed by atoms with van der Waals surface area (Å²) in [5.41, 5.74) is 1.12. The molecule has 0 aliphatic rings. The van der Waals surface area contributed by atoms with Crippen molar-refractivity contribution in [2.75, 3.05) is 20.3 Å². The molecule has 0 unspecified atom stereocenters. The molecule has 0 radical (unpaired) electrons. The largest absolute Gasteiger partial charge is 0.383 e. The number of methoxy groups -OCH3 is 1. The van der Waals surface area contributed by atoms with E-state index in [2.05, 4.69) is 32.8 Å². The molecule has 92 valence electrons. The van der Waals surface area contributed by atoms with E-state index in [0.717, 1.165) is 37.6 Å². The summed E-state index contributed by atoms with van der Waals surface area (Å²) in [5.74, 6) is 1.02. The zero-order valence-electron chi connectivity index (χ0n) is 9.90. The summed E-state index contributed by atoms with van der Waals surface area (Å²) in [7, 11) is 1.71. The molecule has 2 heterocycles. The maximum absolute atomic E-state index is 4.97. The zero-order chi connectivity index (χ0) is 11.9. The van der Waals surface area contributed by atoms with E-state index in [0.29, 0.717) is 0 Å². The van der Waals surface area contributed by atoms with Crippen molar-refractivity contribution in [3.8, 4) is 0 Å². The molecule has 2 N–H and O–H groups in total. The minimum Gasteiger partial charge on any atom is -0.383 e. The van der Waals surface area contributed by atoms with Crippen molar-refractivity contribution in [1.29, 1.82) is 0 Å². The van der Waals surface area contributed by atoms with Gasteiger partial charge in [-0.3, -0.25) is 0 Å². The number of hydrogen-bond donors (Lipinski definition) is 2. The number of H-pyrrole nitrogens is 1. The first-order chi connectivity index (χ1) is 8.38. The maximum Gasteiger partial charge on any atom is 0.111 e. The summed E-state index contributed by atoms with van der Waals surface area (Å²) in [5, 5.41) is 5.37. The lowest BCUT2D eigenvalue weighted by Crippen LogP contribution is -2.18. The van der Waals surface area contributed by atoms with Crippen LogP contribution in [-0.2, 0) is 17.7 Å². The predicted molar refractivity (Wildman–Crippen MR) is 69.3 cm³/mol. The van der Waals surface area contributed by atoms with Gasteiger partial charge in [-0.25, -0.2) is 4.98 Å². The van der Waals surface area contributed by atoms with Crippen LogP contribution in [-0.4, -0.2) is 30.2 Å². The Morgan fingerprint density at radius 3 is 3.24 bits per heavy atom. The summed E-state index contributed by atoms with van der Waals surface area (Å²) < 4.78 is 4.97. The number of nitrogens with zero attached hydrogens (tertiary/aromatic N) is 1. The molecule has 5 heteroatoms. The van der Waals surface area contributed by atoms with Crippen molar-refractivity contribution in [3.63, 3.8) is 0 Å². The van der Waals surface area contributed by atoms with Gasteiger partial charge in [0.1, 0.15) is 5.82 Å². The third kappa shape index (κ3) is 3.96. The second kappa shape index (κ2) is 6.54. The number of imidazole rings is 1. The van der Waals surface area contributed by atoms with Crippen LogP contribution in [0.5, 0.6) is 0 Å². The van der Waals surface area contributed by atoms with Crippen molar-refractivity contribution < 1.29 is 4.74 Å². The molecule has 2 aromatic rings. The molecule has 0 saturated carbocycles. The summed E-state index contributed by atoms with van der Waals surface area (Å²) in [6.07, 6.45) is 2.78. The molecule has 2 rings (SSSR count). The molecule has 17 heavy (non-hydrogen) atoms. The van der Waals surface area contributed by atoms with Gasteiger partial charge in [0.05, 0.1) is 6.61 Å². The van der Waals surface area contributed by atoms with Crippen LogP contribution in [0.2, 0.25) is 0 Å². The monoisotopic (exact) mass is 251 g/mol. The van der Waals surface area contributed by atoms with Crippen molar-refractivity contribution in [2.24, 2.45) is 0 Å². The van der Waals surface area contributed by atoms with Crippen LogP contribution in [0.15, 0.2) is 23.7 Å². The van der Waals surface area contributed by atoms with E-state index in [1.165, 1.54) is 4.88 Å². The minimum absolute atomic E-state index is 0.732. The van der Waals surface area contributed by atoms with Crippen LogP contribution in [0.25, 0.3) is 0 Å². The van der Waals surface area contributed by atoms with Crippen LogP contribution in [0.1, 0.15) is 16.4 Å². The van der Waals surface area contributed by atoms with Gasteiger partial charge < -0.3 is 15.0 Å². The Hall–Kier alpha value is -1.17. The lowest BCUT2D eigenvalue weighted by Gasteiger charge is -2.01. The molecular weight excluding hydrogens is 234 g/mol. The Bertz CT molecular complexity index is 425. The van der Waals surface area contributed by atoms with Gasteiger partial charge >= 0.3 is 0 Å². The molecule has 0 bridgehead atoms. The van der Waals surface area contributed by atoms with Gasteiger partial charge in [-0.1, -0.05) is 6.07 Å². The third-order valence-corrected chi connectivity index (χ3v) is 3.28. The average Bonchev–Trinajstić information content (AvgIpc) is 2.97. The van der Waals surface area contributed by atoms with E-state index in [4.69, 9.17) is 4.74 Å². The average molecular weight is 251 g/mol. The van der Waals surface area contributed by atoms with Crippen LogP contribution >= 0.6 is 11.3 Å². The first kappa shape index (κ1) is 12.3. The number of nitrogens with one attached hydrogen (secondary N) is 2. The highest BCUT2D eigenvalue weighted by atomic mass is 32.1. The normalized spacial score (nSPS) is 10.9. The molecule has 0 atom stereocenters. The second-order valence-corrected chi connectivity index (χ2v) is 4.81. The highest BCUT2D eigenvalue weighted by molar-refractivity contribution is 7.09. The van der Waals surface area contributed by atoms with Gasteiger partial charge in [0.2, 0.25) is 0 Å². The van der Waals surface area contributed by atoms with Crippen LogP contribution in [0.4, 0.5) is 0 Å². The van der Waals surface area contributed by atoms with E-state index in [-0.39, 0.29) is 0 Å². The second-order valence-electron chi connectivity index (χ2n) is 3.78. The lowest BCUT2D eigenvalue weighted by atomic mass is 10.3. The van der Waals surface area contributed by atoms with Gasteiger partial charge in [-0.2, -0.15) is 0 Å². The quantitative estimate of drug-likeness (QED) is 0.738. The lowest BCUT2D eigenvalue weighted by molar-refractivity contribution is 0.199. The van der Waals surface area contributed by atoms with Crippen molar-refractivity contribution in [2.45, 2.75) is 13.0 Å². The molecule has 0 aliphatic heterocycles. The number of aromatic amines is 1. The first-order valence-electron chi connectivity index (χ1n) is 5.63. The number of rotatable bonds is 7. The predicted octanol–water partition coefficient (Wildman–Crippen LogP) is 1.80. The van der Waals surface area contributed by atoms with Crippen molar-refractivity contribution >= 4 is 11.3 Å². The fourth-order valence-corrected chi connectivity index (χ4v) is 2.27. The van der Waals surface area contributed by atoms with E-state index in [1.54, 1.807) is 18.4 Å². The summed E-state index contributed by atoms with van der Waals surface area (Å²) >= 11 is 1.76. The fourth-order valence-electron chi connectivity index (χ4n) is 1.56. The number of aromatic nitrogens is 2. The van der Waals surface area contributed by atoms with E-state index in [1.807, 2.05) is 6.20 Å². The summed E-state index contributed by atoms with van der Waals surface area (Å²) in [6.45, 7) is 2.40. The molecule has 2 aromatic heterocycles. The topological polar surface area (TPSA) is 49.9 Å². The van der Waals surface area contributed by atoms with Gasteiger partial charge in [0.15, 0.2) is 0 Å². The Kier molecular flexibility index (Phi) is 4.73. The van der Waals surface area contributed by atoms with E-state index in [9.17, 15) is 0 Å². The van der Waals surface area contributed by atoms with Gasteiger partial charge in [0, 0.05) is 43.4 Å². The Morgan fingerprint density at radius 2 is 2.47 bits per heavy atom. The highest BCUT2D eigenvalue weighted by Crippen LogP contribution is 2.12. The zero-order valence-corrected chi connectivity index (χ0v) is 10.7. The Morgan fingerprint density at radius 1 is 1.53 bits per heavy atom. The summed E-state index contributed by atoms with van der Waals surface area (Å²) in [6, 6.07) is 4.19. The van der Waals surface area contributed by atoms with Crippen molar-refractivity contribution in [1.82, 2.24) is 15.3 Å². The number of ether oxygens (including phenoxy) is 1. The number of hydrogen-bond acceptors (Lipinski definition) is 4. The highest BCUT2D eigenvalue weighted by Gasteiger charge is 2.02. The SMILES string of the molecule is COCCNCc1cnc(Cc2cccs2)[nH]1. The Labute approximate surface area is 105 Å². The molecule has 0 aliphatic carbocycles. The molecule has 0 spiro atoms. The van der Waals surface area contributed by atoms with Crippen LogP contribution in [0.3, 0.4) is 0 Å². The van der Waals surface area contributed by atoms with Gasteiger partial charge in [-0.15, -0.1) is 11.3 Å². The van der Waals surface area contributed by atoms with E-state index >= 15 is 0 Å². The molecule has 0 aromatic carbocycles. The smallest absolute Gasteiger partial charge is 0.111 e. The van der Waals surface area contributed by atoms with Gasteiger partial charge in [0.25, 0.3) is 0 Å². The van der Waals surface area contributed by atoms with Crippen LogP contribution < -0.4 is 5.32 Å². The maximum atomic E-state index is 4.97. The molecule has 0 amide bonds. The standard InChI is InChI=1S/C12H17N3OS/c1-16-5-4-13-8-10-9-14-12(15-10)7-11-3-2-6-17-11/h2-3,6,9,13H,4-5,7-8H2,1H3,(H,14,15). The minimum atomic E-state index is 0.732. The van der Waals surface area contributed by atoms with Crippen molar-refractivity contribution in [3.05, 3.63) is 40.1 Å². The van der Waals surface area contributed by atoms with Crippen LogP contribution in [0, 0.1) is 0 Å². The molecule has 0 fully saturated rings. The number of thiophene rings is 1.